The molecule has 4 heterocycles. The number of nitrogens with zero attached hydrogens (tertiary/aromatic N) is 5. The molecule has 8 nitrogen and oxygen atoms in total. The Balaban J connectivity index is 1.24. The number of hydrogen-bond acceptors (Lipinski definition) is 8. The molecular weight excluding hydrogens is 588 g/mol. The van der Waals surface area contributed by atoms with Crippen molar-refractivity contribution in [2.24, 2.45) is 5.41 Å². The highest BCUT2D eigenvalue weighted by molar-refractivity contribution is 6.03. The van der Waals surface area contributed by atoms with Gasteiger partial charge in [0, 0.05) is 54.3 Å². The molecule has 10 heteroatoms. The third kappa shape index (κ3) is 5.01. The van der Waals surface area contributed by atoms with Gasteiger partial charge in [0.25, 0.3) is 0 Å². The SMILES string of the molecule is C#Cc1c(F)ccc2cc(O)cc(-c3ncc4c(N5CCCOCC5)nc(OCC56CCCC5N(C5CC5)CCC6)nc4c3F)c12. The molecule has 0 radical (unpaired) electrons. The predicted octanol–water partition coefficient (Wildman–Crippen LogP) is 6.21. The quantitative estimate of drug-likeness (QED) is 0.253. The Bertz CT molecular complexity index is 1870. The average Bonchev–Trinajstić information content (AvgIpc) is 3.87. The Morgan fingerprint density at radius 2 is 1.91 bits per heavy atom. The minimum atomic E-state index is -0.717. The summed E-state index contributed by atoms with van der Waals surface area (Å²) < 4.78 is 43.9. The first-order valence-electron chi connectivity index (χ1n) is 16.5. The van der Waals surface area contributed by atoms with Gasteiger partial charge in [-0.3, -0.25) is 9.88 Å². The summed E-state index contributed by atoms with van der Waals surface area (Å²) in [5, 5.41) is 11.8. The Morgan fingerprint density at radius 3 is 2.76 bits per heavy atom. The molecule has 238 valence electrons. The molecule has 4 aliphatic rings. The summed E-state index contributed by atoms with van der Waals surface area (Å²) in [5.74, 6) is 1.50. The number of anilines is 1. The number of ether oxygens (including phenoxy) is 2. The molecule has 2 aliphatic heterocycles. The summed E-state index contributed by atoms with van der Waals surface area (Å²) in [6.45, 7) is 4.06. The normalized spacial score (nSPS) is 23.8. The summed E-state index contributed by atoms with van der Waals surface area (Å²) in [6.07, 6.45) is 16.3. The number of pyridine rings is 1. The number of rotatable bonds is 6. The van der Waals surface area contributed by atoms with E-state index in [1.165, 1.54) is 49.9 Å². The van der Waals surface area contributed by atoms with Crippen molar-refractivity contribution in [3.8, 4) is 35.4 Å². The number of benzene rings is 2. The number of aromatic hydroxyl groups is 1. The lowest BCUT2D eigenvalue weighted by Gasteiger charge is -2.46. The highest BCUT2D eigenvalue weighted by Gasteiger charge is 2.51. The molecule has 2 saturated heterocycles. The fraction of sp³-hybridized carbons (Fsp3) is 0.472. The molecule has 2 unspecified atom stereocenters. The molecule has 0 amide bonds. The van der Waals surface area contributed by atoms with Crippen LogP contribution in [0, 0.1) is 29.4 Å². The average molecular weight is 626 g/mol. The smallest absolute Gasteiger partial charge is 0.319 e. The van der Waals surface area contributed by atoms with Gasteiger partial charge in [0.05, 0.1) is 24.2 Å². The third-order valence-electron chi connectivity index (χ3n) is 10.5. The largest absolute Gasteiger partial charge is 0.508 e. The monoisotopic (exact) mass is 625 g/mol. The van der Waals surface area contributed by atoms with Crippen LogP contribution in [0.4, 0.5) is 14.6 Å². The van der Waals surface area contributed by atoms with Gasteiger partial charge in [-0.15, -0.1) is 6.42 Å². The fourth-order valence-electron chi connectivity index (χ4n) is 8.22. The number of aromatic nitrogens is 3. The minimum absolute atomic E-state index is 0.0242. The van der Waals surface area contributed by atoms with E-state index >= 15 is 4.39 Å². The van der Waals surface area contributed by atoms with Crippen molar-refractivity contribution in [3.63, 3.8) is 0 Å². The summed E-state index contributed by atoms with van der Waals surface area (Å²) >= 11 is 0. The number of terminal acetylenes is 1. The van der Waals surface area contributed by atoms with E-state index in [0.717, 1.165) is 32.2 Å². The van der Waals surface area contributed by atoms with Crippen LogP contribution in [0.15, 0.2) is 30.5 Å². The maximum absolute atomic E-state index is 16.8. The molecule has 1 N–H and O–H groups in total. The van der Waals surface area contributed by atoms with E-state index in [4.69, 9.17) is 20.9 Å². The van der Waals surface area contributed by atoms with Crippen molar-refractivity contribution in [1.29, 1.82) is 0 Å². The molecule has 4 fully saturated rings. The number of piperidine rings is 1. The molecular formula is C36H37F2N5O3. The highest BCUT2D eigenvalue weighted by atomic mass is 19.1. The molecule has 8 rings (SSSR count). The van der Waals surface area contributed by atoms with Crippen molar-refractivity contribution in [1.82, 2.24) is 19.9 Å². The van der Waals surface area contributed by atoms with Gasteiger partial charge in [-0.1, -0.05) is 18.4 Å². The Hall–Kier alpha value is -4.07. The molecule has 2 atom stereocenters. The van der Waals surface area contributed by atoms with Crippen LogP contribution in [0.25, 0.3) is 32.9 Å². The first-order chi connectivity index (χ1) is 22.5. The van der Waals surface area contributed by atoms with E-state index in [9.17, 15) is 9.50 Å². The van der Waals surface area contributed by atoms with Gasteiger partial charge in [-0.25, -0.2) is 8.78 Å². The van der Waals surface area contributed by atoms with E-state index in [1.807, 2.05) is 0 Å². The highest BCUT2D eigenvalue weighted by Crippen LogP contribution is 2.51. The van der Waals surface area contributed by atoms with Gasteiger partial charge in [0.15, 0.2) is 5.82 Å². The lowest BCUT2D eigenvalue weighted by atomic mass is 9.75. The van der Waals surface area contributed by atoms with Crippen LogP contribution in [0.5, 0.6) is 11.8 Å². The number of hydrogen-bond donors (Lipinski definition) is 1. The molecule has 0 bridgehead atoms. The van der Waals surface area contributed by atoms with E-state index < -0.39 is 11.6 Å². The molecule has 2 aromatic carbocycles. The second-order valence-corrected chi connectivity index (χ2v) is 13.3. The summed E-state index contributed by atoms with van der Waals surface area (Å²) in [5.41, 5.74) is 0.154. The van der Waals surface area contributed by atoms with Crippen LogP contribution in [-0.2, 0) is 4.74 Å². The van der Waals surface area contributed by atoms with Crippen LogP contribution < -0.4 is 9.64 Å². The van der Waals surface area contributed by atoms with E-state index in [1.54, 1.807) is 6.20 Å². The first-order valence-corrected chi connectivity index (χ1v) is 16.5. The fourth-order valence-corrected chi connectivity index (χ4v) is 8.22. The Kier molecular flexibility index (Phi) is 7.41. The zero-order valence-electron chi connectivity index (χ0n) is 25.8. The van der Waals surface area contributed by atoms with E-state index in [-0.39, 0.29) is 39.5 Å². The summed E-state index contributed by atoms with van der Waals surface area (Å²) in [4.78, 5) is 18.8. The first kappa shape index (κ1) is 29.3. The van der Waals surface area contributed by atoms with Gasteiger partial charge in [-0.2, -0.15) is 9.97 Å². The van der Waals surface area contributed by atoms with Gasteiger partial charge in [0.1, 0.15) is 28.6 Å². The van der Waals surface area contributed by atoms with Gasteiger partial charge in [0.2, 0.25) is 0 Å². The number of halogens is 2. The van der Waals surface area contributed by atoms with Crippen molar-refractivity contribution >= 4 is 27.5 Å². The van der Waals surface area contributed by atoms with Crippen LogP contribution in [0.1, 0.15) is 56.9 Å². The topological polar surface area (TPSA) is 83.8 Å². The Morgan fingerprint density at radius 1 is 1.04 bits per heavy atom. The van der Waals surface area contributed by atoms with Crippen LogP contribution in [-0.4, -0.2) is 76.5 Å². The maximum Gasteiger partial charge on any atom is 0.319 e. The van der Waals surface area contributed by atoms with Crippen molar-refractivity contribution < 1.29 is 23.4 Å². The van der Waals surface area contributed by atoms with Gasteiger partial charge in [-0.05, 0) is 75.1 Å². The lowest BCUT2D eigenvalue weighted by Crippen LogP contribution is -2.52. The van der Waals surface area contributed by atoms with Crippen molar-refractivity contribution in [2.45, 2.75) is 63.5 Å². The Labute approximate surface area is 266 Å². The van der Waals surface area contributed by atoms with Crippen LogP contribution in [0.2, 0.25) is 0 Å². The summed E-state index contributed by atoms with van der Waals surface area (Å²) in [6, 6.07) is 6.90. The molecule has 2 aliphatic carbocycles. The molecule has 2 aromatic heterocycles. The van der Waals surface area contributed by atoms with Gasteiger partial charge >= 0.3 is 6.01 Å². The van der Waals surface area contributed by atoms with Crippen LogP contribution in [0.3, 0.4) is 0 Å². The molecule has 0 spiro atoms. The zero-order valence-corrected chi connectivity index (χ0v) is 25.8. The third-order valence-corrected chi connectivity index (χ3v) is 10.5. The van der Waals surface area contributed by atoms with Crippen LogP contribution >= 0.6 is 0 Å². The zero-order chi connectivity index (χ0) is 31.4. The number of likely N-dealkylation sites (tertiary alicyclic amines) is 1. The molecule has 4 aromatic rings. The minimum Gasteiger partial charge on any atom is -0.508 e. The lowest BCUT2D eigenvalue weighted by molar-refractivity contribution is -0.00466. The standard InChI is InChI=1S/C36H37F2N5O3/c1-2-25-28(37)10-7-22-18-24(44)19-26(30(22)25)32-31(38)33-27(20-39-32)34(42-13-5-16-45-17-15-42)41-35(40-33)46-21-36-11-3-6-29(36)43(14-4-12-36)23-8-9-23/h1,7,10,18-20,23,29,44H,3-6,8-9,11-17,21H2. The predicted molar refractivity (Wildman–Crippen MR) is 172 cm³/mol. The molecule has 46 heavy (non-hydrogen) atoms. The van der Waals surface area contributed by atoms with Crippen molar-refractivity contribution in [3.05, 3.63) is 47.7 Å². The second-order valence-electron chi connectivity index (χ2n) is 13.3. The van der Waals surface area contributed by atoms with Crippen molar-refractivity contribution in [2.75, 3.05) is 44.4 Å². The number of fused-ring (bicyclic) bond motifs is 3. The van der Waals surface area contributed by atoms with Gasteiger partial charge < -0.3 is 19.5 Å². The van der Waals surface area contributed by atoms with E-state index in [2.05, 4.69) is 25.7 Å². The number of phenolic OH excluding ortho intramolecular Hbond substituents is 1. The summed E-state index contributed by atoms with van der Waals surface area (Å²) in [7, 11) is 0. The molecule has 2 saturated carbocycles. The number of phenols is 1. The van der Waals surface area contributed by atoms with E-state index in [0.29, 0.717) is 67.0 Å². The maximum atomic E-state index is 16.8. The second kappa shape index (κ2) is 11.6.